The molecule has 0 aliphatic carbocycles. The molecule has 1 aromatic carbocycles. The number of carboxylic acid groups (broad SMARTS) is 1. The van der Waals surface area contributed by atoms with Crippen LogP contribution in [0.2, 0.25) is 0 Å². The monoisotopic (exact) mass is 682 g/mol. The standard InChI is InChI=1S/C29H34N10O8S/c1-47-28(46)18(14-48-19-11-21(41)39(27(19)45)10-8-22(42)43)36-20(40)3-2-9-32-26(44)15-4-6-16(7-5-15)33-12-17-13-34-25-23(35-17)24(30)37-29(31)38-25/h4-7,13,18-19,33H,2-3,8-12,14H2,1H3,(H,32,44)(H,36,40)(H,42,43)(H4,30,31,34,37,38). The van der Waals surface area contributed by atoms with E-state index in [4.69, 9.17) is 21.3 Å². The number of carboxylic acids is 1. The molecule has 4 amide bonds. The molecule has 8 N–H and O–H groups in total. The summed E-state index contributed by atoms with van der Waals surface area (Å²) in [6.07, 6.45) is 1.32. The van der Waals surface area contributed by atoms with Crippen molar-refractivity contribution in [3.8, 4) is 0 Å². The number of fused-ring (bicyclic) bond motifs is 1. The zero-order valence-corrected chi connectivity index (χ0v) is 26.6. The number of nitrogens with two attached hydrogens (primary N) is 2. The van der Waals surface area contributed by atoms with Crippen molar-refractivity contribution in [3.05, 3.63) is 41.7 Å². The SMILES string of the molecule is COC(=O)C(CSC1CC(=O)N(CCC(=O)O)C1=O)NC(=O)CCCNC(=O)c1ccc(NCc2cnc3nc(N)nc(N)c3n2)cc1. The van der Waals surface area contributed by atoms with E-state index in [1.165, 1.54) is 0 Å². The Bertz CT molecular complexity index is 1710. The van der Waals surface area contributed by atoms with E-state index < -0.39 is 41.0 Å². The fourth-order valence-corrected chi connectivity index (χ4v) is 5.74. The number of aromatic nitrogens is 4. The molecule has 0 spiro atoms. The number of rotatable bonds is 16. The number of methoxy groups -OCH3 is 1. The number of imide groups is 1. The Hall–Kier alpha value is -5.59. The highest BCUT2D eigenvalue weighted by molar-refractivity contribution is 8.00. The predicted octanol–water partition coefficient (Wildman–Crippen LogP) is -0.300. The summed E-state index contributed by atoms with van der Waals surface area (Å²) in [4.78, 5) is 90.3. The summed E-state index contributed by atoms with van der Waals surface area (Å²) in [7, 11) is 1.16. The van der Waals surface area contributed by atoms with Gasteiger partial charge in [-0.2, -0.15) is 9.97 Å². The molecule has 2 unspecified atom stereocenters. The summed E-state index contributed by atoms with van der Waals surface area (Å²) in [5, 5.41) is 16.5. The molecule has 3 aromatic rings. The number of ether oxygens (including phenoxy) is 1. The topological polar surface area (TPSA) is 275 Å². The number of anilines is 3. The number of carbonyl (C=O) groups is 6. The number of aliphatic carboxylic acids is 1. The maximum atomic E-state index is 12.6. The van der Waals surface area contributed by atoms with Crippen LogP contribution < -0.4 is 27.4 Å². The number of nitrogens with zero attached hydrogens (tertiary/aromatic N) is 5. The lowest BCUT2D eigenvalue weighted by Crippen LogP contribution is -2.44. The normalized spacial score (nSPS) is 14.9. The van der Waals surface area contributed by atoms with Crippen molar-refractivity contribution < 1.29 is 38.6 Å². The highest BCUT2D eigenvalue weighted by Crippen LogP contribution is 2.26. The average molecular weight is 683 g/mol. The minimum absolute atomic E-state index is 0.00602. The fraction of sp³-hybridized carbons (Fsp3) is 0.379. The van der Waals surface area contributed by atoms with Crippen molar-refractivity contribution in [1.82, 2.24) is 35.5 Å². The first-order chi connectivity index (χ1) is 22.9. The number of nitrogen functional groups attached to an aromatic ring is 2. The molecule has 1 saturated heterocycles. The van der Waals surface area contributed by atoms with E-state index >= 15 is 0 Å². The summed E-state index contributed by atoms with van der Waals surface area (Å²) >= 11 is 1.01. The van der Waals surface area contributed by atoms with Crippen LogP contribution in [0.25, 0.3) is 11.2 Å². The van der Waals surface area contributed by atoms with Gasteiger partial charge in [0.05, 0.1) is 37.2 Å². The van der Waals surface area contributed by atoms with E-state index in [-0.39, 0.29) is 62.2 Å². The molecule has 3 heterocycles. The van der Waals surface area contributed by atoms with Gasteiger partial charge in [0.25, 0.3) is 5.91 Å². The van der Waals surface area contributed by atoms with E-state index in [1.807, 2.05) is 0 Å². The summed E-state index contributed by atoms with van der Waals surface area (Å²) in [5.41, 5.74) is 13.8. The average Bonchev–Trinajstić information content (AvgIpc) is 3.33. The molecule has 2 aromatic heterocycles. The minimum Gasteiger partial charge on any atom is -0.481 e. The van der Waals surface area contributed by atoms with Crippen LogP contribution in [0, 0.1) is 0 Å². The molecule has 48 heavy (non-hydrogen) atoms. The molecule has 254 valence electrons. The van der Waals surface area contributed by atoms with Crippen LogP contribution in [-0.4, -0.2) is 103 Å². The molecule has 1 aliphatic heterocycles. The molecule has 4 rings (SSSR count). The van der Waals surface area contributed by atoms with E-state index in [2.05, 4.69) is 35.9 Å². The van der Waals surface area contributed by atoms with Crippen molar-refractivity contribution >= 4 is 75.9 Å². The Morgan fingerprint density at radius 2 is 1.85 bits per heavy atom. The summed E-state index contributed by atoms with van der Waals surface area (Å²) in [6.45, 7) is 0.281. The van der Waals surface area contributed by atoms with Crippen LogP contribution in [0.5, 0.6) is 0 Å². The highest BCUT2D eigenvalue weighted by atomic mass is 32.2. The van der Waals surface area contributed by atoms with Crippen LogP contribution in [-0.2, 0) is 35.3 Å². The van der Waals surface area contributed by atoms with Crippen molar-refractivity contribution in [2.75, 3.05) is 42.7 Å². The van der Waals surface area contributed by atoms with Gasteiger partial charge in [0, 0.05) is 42.9 Å². The van der Waals surface area contributed by atoms with Crippen LogP contribution in [0.4, 0.5) is 17.5 Å². The van der Waals surface area contributed by atoms with Crippen molar-refractivity contribution in [2.45, 2.75) is 43.5 Å². The van der Waals surface area contributed by atoms with Crippen LogP contribution in [0.1, 0.15) is 41.7 Å². The summed E-state index contributed by atoms with van der Waals surface area (Å²) in [5.74, 6) is -3.59. The lowest BCUT2D eigenvalue weighted by Gasteiger charge is -2.18. The van der Waals surface area contributed by atoms with Gasteiger partial charge in [-0.15, -0.1) is 11.8 Å². The maximum absolute atomic E-state index is 12.6. The Morgan fingerprint density at radius 3 is 2.56 bits per heavy atom. The Balaban J connectivity index is 1.18. The van der Waals surface area contributed by atoms with Crippen LogP contribution in [0.3, 0.4) is 0 Å². The third-order valence-corrected chi connectivity index (χ3v) is 8.32. The lowest BCUT2D eigenvalue weighted by atomic mass is 10.2. The second kappa shape index (κ2) is 16.3. The molecule has 0 saturated carbocycles. The fourth-order valence-electron chi connectivity index (χ4n) is 4.57. The molecule has 18 nitrogen and oxygen atoms in total. The van der Waals surface area contributed by atoms with Gasteiger partial charge in [0.1, 0.15) is 6.04 Å². The molecular formula is C29H34N10O8S. The Kier molecular flexibility index (Phi) is 12.0. The van der Waals surface area contributed by atoms with Gasteiger partial charge in [-0.25, -0.2) is 14.8 Å². The smallest absolute Gasteiger partial charge is 0.329 e. The molecule has 1 fully saturated rings. The largest absolute Gasteiger partial charge is 0.481 e. The van der Waals surface area contributed by atoms with Crippen molar-refractivity contribution in [2.24, 2.45) is 0 Å². The number of hydrogen-bond donors (Lipinski definition) is 6. The predicted molar refractivity (Wildman–Crippen MR) is 173 cm³/mol. The first-order valence-corrected chi connectivity index (χ1v) is 15.7. The summed E-state index contributed by atoms with van der Waals surface area (Å²) < 4.78 is 4.76. The highest BCUT2D eigenvalue weighted by Gasteiger charge is 2.39. The molecule has 0 radical (unpaired) electrons. The maximum Gasteiger partial charge on any atom is 0.329 e. The van der Waals surface area contributed by atoms with Gasteiger partial charge in [0.15, 0.2) is 17.0 Å². The zero-order chi connectivity index (χ0) is 34.8. The molecule has 1 aliphatic rings. The van der Waals surface area contributed by atoms with Gasteiger partial charge < -0.3 is 37.3 Å². The van der Waals surface area contributed by atoms with E-state index in [0.717, 1.165) is 29.5 Å². The number of nitrogens with one attached hydrogen (secondary N) is 3. The van der Waals surface area contributed by atoms with E-state index in [1.54, 1.807) is 30.5 Å². The number of thioether (sulfide) groups is 1. The van der Waals surface area contributed by atoms with Gasteiger partial charge in [-0.3, -0.25) is 28.9 Å². The number of benzene rings is 1. The van der Waals surface area contributed by atoms with Gasteiger partial charge in [0.2, 0.25) is 23.7 Å². The zero-order valence-electron chi connectivity index (χ0n) is 25.8. The third kappa shape index (κ3) is 9.47. The molecule has 19 heteroatoms. The number of carbonyl (C=O) groups excluding carboxylic acids is 5. The number of esters is 1. The van der Waals surface area contributed by atoms with Crippen LogP contribution in [0.15, 0.2) is 30.5 Å². The Labute approximate surface area is 277 Å². The Morgan fingerprint density at radius 1 is 1.10 bits per heavy atom. The second-order valence-corrected chi connectivity index (χ2v) is 11.7. The van der Waals surface area contributed by atoms with E-state index in [0.29, 0.717) is 29.0 Å². The van der Waals surface area contributed by atoms with Crippen molar-refractivity contribution in [3.63, 3.8) is 0 Å². The molecule has 0 bridgehead atoms. The lowest BCUT2D eigenvalue weighted by molar-refractivity contribution is -0.144. The number of likely N-dealkylation sites (tertiary alicyclic amines) is 1. The molecule has 2 atom stereocenters. The van der Waals surface area contributed by atoms with Gasteiger partial charge >= 0.3 is 11.9 Å². The quantitative estimate of drug-likeness (QED) is 0.0642. The number of amides is 4. The molecular weight excluding hydrogens is 648 g/mol. The summed E-state index contributed by atoms with van der Waals surface area (Å²) in [6, 6.07) is 5.64. The first kappa shape index (κ1) is 35.3. The van der Waals surface area contributed by atoms with Crippen LogP contribution >= 0.6 is 11.8 Å². The van der Waals surface area contributed by atoms with Crippen molar-refractivity contribution in [1.29, 1.82) is 0 Å². The van der Waals surface area contributed by atoms with Gasteiger partial charge in [-0.05, 0) is 30.7 Å². The number of hydrogen-bond acceptors (Lipinski definition) is 15. The third-order valence-electron chi connectivity index (χ3n) is 7.02. The first-order valence-electron chi connectivity index (χ1n) is 14.7. The second-order valence-electron chi connectivity index (χ2n) is 10.5. The van der Waals surface area contributed by atoms with Gasteiger partial charge in [-0.1, -0.05) is 0 Å². The minimum atomic E-state index is -1.14. The van der Waals surface area contributed by atoms with E-state index in [9.17, 15) is 28.8 Å².